The summed E-state index contributed by atoms with van der Waals surface area (Å²) in [7, 11) is 0. The Morgan fingerprint density at radius 1 is 1.37 bits per heavy atom. The molecule has 0 aliphatic rings. The van der Waals surface area contributed by atoms with Gasteiger partial charge in [0.2, 0.25) is 0 Å². The molecule has 0 radical (unpaired) electrons. The minimum atomic E-state index is -4.44. The monoisotopic (exact) mass is 276 g/mol. The number of anilines is 2. The molecule has 1 aromatic rings. The second-order valence-corrected chi connectivity index (χ2v) is 4.66. The number of nitrogens with one attached hydrogen (secondary N) is 1. The standard InChI is InChI=1S/C13H19F3N2O/c1-9(8-19)3-2-6-18-10-4-5-12(17)11(7-10)13(14,15)16/h4-5,7,9,18-19H,2-3,6,8,17H2,1H3. The third-order valence-electron chi connectivity index (χ3n) is 2.87. The molecule has 0 saturated heterocycles. The molecule has 4 N–H and O–H groups in total. The lowest BCUT2D eigenvalue weighted by molar-refractivity contribution is -0.136. The smallest absolute Gasteiger partial charge is 0.398 e. The Kier molecular flexibility index (Phi) is 5.47. The average Bonchev–Trinajstić information content (AvgIpc) is 2.34. The van der Waals surface area contributed by atoms with Crippen LogP contribution in [0, 0.1) is 5.92 Å². The molecular formula is C13H19F3N2O. The Morgan fingerprint density at radius 3 is 2.63 bits per heavy atom. The first-order chi connectivity index (χ1) is 8.84. The van der Waals surface area contributed by atoms with Gasteiger partial charge in [-0.2, -0.15) is 13.2 Å². The van der Waals surface area contributed by atoms with E-state index in [1.807, 2.05) is 6.92 Å². The molecule has 0 aromatic heterocycles. The lowest BCUT2D eigenvalue weighted by atomic mass is 10.1. The van der Waals surface area contributed by atoms with Crippen LogP contribution in [0.3, 0.4) is 0 Å². The molecule has 0 heterocycles. The summed E-state index contributed by atoms with van der Waals surface area (Å²) in [5.74, 6) is 0.207. The highest BCUT2D eigenvalue weighted by atomic mass is 19.4. The molecule has 0 aliphatic carbocycles. The quantitative estimate of drug-likeness (QED) is 0.552. The fourth-order valence-electron chi connectivity index (χ4n) is 1.69. The molecule has 3 nitrogen and oxygen atoms in total. The zero-order valence-electron chi connectivity index (χ0n) is 10.8. The highest BCUT2D eigenvalue weighted by Crippen LogP contribution is 2.35. The Morgan fingerprint density at radius 2 is 2.05 bits per heavy atom. The van der Waals surface area contributed by atoms with Crippen molar-refractivity contribution in [1.29, 1.82) is 0 Å². The predicted molar refractivity (Wildman–Crippen MR) is 69.8 cm³/mol. The molecule has 1 unspecified atom stereocenters. The Balaban J connectivity index is 2.56. The molecule has 0 aliphatic heterocycles. The van der Waals surface area contributed by atoms with Gasteiger partial charge in [-0.1, -0.05) is 6.92 Å². The van der Waals surface area contributed by atoms with Crippen LogP contribution in [-0.4, -0.2) is 18.3 Å². The normalized spacial score (nSPS) is 13.3. The minimum Gasteiger partial charge on any atom is -0.398 e. The number of hydrogen-bond donors (Lipinski definition) is 3. The van der Waals surface area contributed by atoms with Gasteiger partial charge >= 0.3 is 6.18 Å². The van der Waals surface area contributed by atoms with Crippen LogP contribution in [0.5, 0.6) is 0 Å². The van der Waals surface area contributed by atoms with E-state index in [2.05, 4.69) is 5.32 Å². The van der Waals surface area contributed by atoms with Gasteiger partial charge in [0.15, 0.2) is 0 Å². The fraction of sp³-hybridized carbons (Fsp3) is 0.538. The number of nitrogens with two attached hydrogens (primary N) is 1. The maximum Gasteiger partial charge on any atom is 0.418 e. The average molecular weight is 276 g/mol. The van der Waals surface area contributed by atoms with E-state index in [9.17, 15) is 13.2 Å². The molecule has 0 saturated carbocycles. The van der Waals surface area contributed by atoms with Crippen LogP contribution in [0.15, 0.2) is 18.2 Å². The van der Waals surface area contributed by atoms with E-state index in [1.165, 1.54) is 12.1 Å². The second kappa shape index (κ2) is 6.65. The van der Waals surface area contributed by atoms with Crippen molar-refractivity contribution >= 4 is 11.4 Å². The summed E-state index contributed by atoms with van der Waals surface area (Å²) in [4.78, 5) is 0. The predicted octanol–water partition coefficient (Wildman–Crippen LogP) is 3.11. The largest absolute Gasteiger partial charge is 0.418 e. The fourth-order valence-corrected chi connectivity index (χ4v) is 1.69. The van der Waals surface area contributed by atoms with E-state index in [-0.39, 0.29) is 18.2 Å². The summed E-state index contributed by atoms with van der Waals surface area (Å²) >= 11 is 0. The number of halogens is 3. The van der Waals surface area contributed by atoms with Gasteiger partial charge in [-0.25, -0.2) is 0 Å². The molecular weight excluding hydrogens is 257 g/mol. The topological polar surface area (TPSA) is 58.3 Å². The van der Waals surface area contributed by atoms with E-state index < -0.39 is 11.7 Å². The third kappa shape index (κ3) is 4.98. The lowest BCUT2D eigenvalue weighted by Gasteiger charge is -2.13. The molecule has 0 spiro atoms. The number of benzene rings is 1. The minimum absolute atomic E-state index is 0.125. The van der Waals surface area contributed by atoms with Crippen molar-refractivity contribution in [3.05, 3.63) is 23.8 Å². The van der Waals surface area contributed by atoms with E-state index in [1.54, 1.807) is 0 Å². The van der Waals surface area contributed by atoms with E-state index >= 15 is 0 Å². The maximum absolute atomic E-state index is 12.6. The summed E-state index contributed by atoms with van der Waals surface area (Å²) in [5.41, 5.74) is 4.62. The number of aliphatic hydroxyl groups excluding tert-OH is 1. The first-order valence-electron chi connectivity index (χ1n) is 6.16. The molecule has 1 atom stereocenters. The summed E-state index contributed by atoms with van der Waals surface area (Å²) in [5, 5.41) is 11.8. The summed E-state index contributed by atoms with van der Waals surface area (Å²) in [6.45, 7) is 2.61. The van der Waals surface area contributed by atoms with Gasteiger partial charge < -0.3 is 16.2 Å². The van der Waals surface area contributed by atoms with Gasteiger partial charge in [-0.05, 0) is 37.0 Å². The molecule has 19 heavy (non-hydrogen) atoms. The Hall–Kier alpha value is -1.43. The van der Waals surface area contributed by atoms with Gasteiger partial charge in [-0.15, -0.1) is 0 Å². The van der Waals surface area contributed by atoms with Crippen LogP contribution in [0.25, 0.3) is 0 Å². The highest BCUT2D eigenvalue weighted by Gasteiger charge is 2.33. The van der Waals surface area contributed by atoms with Crippen molar-refractivity contribution in [2.45, 2.75) is 25.9 Å². The van der Waals surface area contributed by atoms with Crippen LogP contribution in [0.4, 0.5) is 24.5 Å². The van der Waals surface area contributed by atoms with Gasteiger partial charge in [0, 0.05) is 24.5 Å². The van der Waals surface area contributed by atoms with E-state index in [0.717, 1.165) is 18.9 Å². The third-order valence-corrected chi connectivity index (χ3v) is 2.87. The number of nitrogen functional groups attached to an aromatic ring is 1. The second-order valence-electron chi connectivity index (χ2n) is 4.66. The first kappa shape index (κ1) is 15.6. The van der Waals surface area contributed by atoms with Crippen molar-refractivity contribution in [1.82, 2.24) is 0 Å². The molecule has 6 heteroatoms. The van der Waals surface area contributed by atoms with Crippen molar-refractivity contribution in [2.75, 3.05) is 24.2 Å². The Labute approximate surface area is 110 Å². The van der Waals surface area contributed by atoms with Crippen LogP contribution in [-0.2, 0) is 6.18 Å². The Bertz CT molecular complexity index is 407. The number of alkyl halides is 3. The van der Waals surface area contributed by atoms with Crippen molar-refractivity contribution < 1.29 is 18.3 Å². The number of aliphatic hydroxyl groups is 1. The number of hydrogen-bond acceptors (Lipinski definition) is 3. The summed E-state index contributed by atoms with van der Waals surface area (Å²) in [6, 6.07) is 3.80. The van der Waals surface area contributed by atoms with Gasteiger partial charge in [0.25, 0.3) is 0 Å². The van der Waals surface area contributed by atoms with E-state index in [4.69, 9.17) is 10.8 Å². The number of rotatable bonds is 6. The molecule has 0 amide bonds. The van der Waals surface area contributed by atoms with E-state index in [0.29, 0.717) is 12.2 Å². The zero-order valence-corrected chi connectivity index (χ0v) is 10.8. The van der Waals surface area contributed by atoms with Crippen molar-refractivity contribution in [3.8, 4) is 0 Å². The molecule has 1 rings (SSSR count). The molecule has 0 bridgehead atoms. The van der Waals surface area contributed by atoms with Gasteiger partial charge in [0.05, 0.1) is 5.56 Å². The van der Waals surface area contributed by atoms with Crippen LogP contribution >= 0.6 is 0 Å². The zero-order chi connectivity index (χ0) is 14.5. The first-order valence-corrected chi connectivity index (χ1v) is 6.16. The van der Waals surface area contributed by atoms with Gasteiger partial charge in [0.1, 0.15) is 0 Å². The highest BCUT2D eigenvalue weighted by molar-refractivity contribution is 5.58. The van der Waals surface area contributed by atoms with Crippen molar-refractivity contribution in [3.63, 3.8) is 0 Å². The summed E-state index contributed by atoms with van der Waals surface area (Å²) < 4.78 is 37.9. The van der Waals surface area contributed by atoms with Crippen LogP contribution in [0.2, 0.25) is 0 Å². The molecule has 0 fully saturated rings. The SMILES string of the molecule is CC(CO)CCCNc1ccc(N)c(C(F)(F)F)c1. The molecule has 108 valence electrons. The molecule has 1 aromatic carbocycles. The van der Waals surface area contributed by atoms with Crippen LogP contribution < -0.4 is 11.1 Å². The van der Waals surface area contributed by atoms with Crippen LogP contribution in [0.1, 0.15) is 25.3 Å². The lowest BCUT2D eigenvalue weighted by Crippen LogP contribution is -2.11. The maximum atomic E-state index is 12.6. The van der Waals surface area contributed by atoms with Crippen molar-refractivity contribution in [2.24, 2.45) is 5.92 Å². The summed E-state index contributed by atoms with van der Waals surface area (Å²) in [6.07, 6.45) is -2.83. The van der Waals surface area contributed by atoms with Gasteiger partial charge in [-0.3, -0.25) is 0 Å².